The number of carbonyl (C=O) groups is 4. The second kappa shape index (κ2) is 9.56. The van der Waals surface area contributed by atoms with Crippen LogP contribution in [-0.4, -0.2) is 76.7 Å². The zero-order valence-corrected chi connectivity index (χ0v) is 24.3. The molecule has 4 amide bonds. The number of hydrogen-bond donors (Lipinski definition) is 1. The zero-order chi connectivity index (χ0) is 29.6. The minimum atomic E-state index is -1.84. The van der Waals surface area contributed by atoms with Crippen LogP contribution in [0.5, 0.6) is 5.75 Å². The minimum absolute atomic E-state index is 0.0300. The number of allylic oxidation sites excluding steroid dienone is 2. The third-order valence-corrected chi connectivity index (χ3v) is 11.1. The van der Waals surface area contributed by atoms with Gasteiger partial charge in [0.25, 0.3) is 11.8 Å². The van der Waals surface area contributed by atoms with Gasteiger partial charge in [-0.1, -0.05) is 23.8 Å². The van der Waals surface area contributed by atoms with Crippen molar-refractivity contribution < 1.29 is 29.0 Å². The van der Waals surface area contributed by atoms with Crippen LogP contribution < -0.4 is 9.80 Å². The fourth-order valence-electron chi connectivity index (χ4n) is 7.67. The maximum Gasteiger partial charge on any atom is 0.253 e. The number of carbonyl (C=O) groups excluding carboxylic acids is 4. The maximum atomic E-state index is 14.1. The Hall–Kier alpha value is -3.40. The number of anilines is 2. The average Bonchev–Trinajstić information content (AvgIpc) is 3.33. The van der Waals surface area contributed by atoms with E-state index in [-0.39, 0.29) is 30.4 Å². The number of hydrogen-bond acceptors (Lipinski definition) is 7. The summed E-state index contributed by atoms with van der Waals surface area (Å²) < 4.78 is 5.44. The number of aromatic hydroxyl groups is 1. The lowest BCUT2D eigenvalue weighted by Crippen LogP contribution is -2.60. The van der Waals surface area contributed by atoms with Crippen molar-refractivity contribution in [3.8, 4) is 5.75 Å². The van der Waals surface area contributed by atoms with Crippen LogP contribution in [0.1, 0.15) is 24.3 Å². The van der Waals surface area contributed by atoms with Gasteiger partial charge in [-0.25, -0.2) is 0 Å². The van der Waals surface area contributed by atoms with Crippen LogP contribution in [0.2, 0.25) is 0 Å². The number of fused-ring (bicyclic) bond motifs is 4. The van der Waals surface area contributed by atoms with Crippen molar-refractivity contribution in [2.75, 3.05) is 43.2 Å². The molecule has 1 saturated carbocycles. The zero-order valence-electron chi connectivity index (χ0n) is 22.8. The Labute approximate surface area is 252 Å². The molecule has 1 N–H and O–H groups in total. The standard InChI is InChI=1S/C31H29Cl2N3O6/c1-34-28(40)30(32)16-23-21(25(31(30,33)29(34)41)17-2-8-20(37)9-3-17)10-11-22-24(23)27(39)36(26(22)38)19-6-4-18(5-7-19)35-12-14-42-15-13-35/h2-10,22-25,37H,11-16H2,1H3/t22-,23+,24-,25-,30+,31-/m0/s1. The number of nitrogens with zero attached hydrogens (tertiary/aromatic N) is 3. The summed E-state index contributed by atoms with van der Waals surface area (Å²) >= 11 is 14.3. The van der Waals surface area contributed by atoms with Gasteiger partial charge in [-0.05, 0) is 60.7 Å². The Bertz CT molecular complexity index is 1540. The predicted molar refractivity (Wildman–Crippen MR) is 156 cm³/mol. The minimum Gasteiger partial charge on any atom is -0.508 e. The van der Waals surface area contributed by atoms with E-state index in [0.717, 1.165) is 29.2 Å². The predicted octanol–water partition coefficient (Wildman–Crippen LogP) is 3.42. The van der Waals surface area contributed by atoms with Crippen LogP contribution in [-0.2, 0) is 23.9 Å². The van der Waals surface area contributed by atoms with Crippen LogP contribution in [0.3, 0.4) is 0 Å². The molecule has 11 heteroatoms. The van der Waals surface area contributed by atoms with E-state index in [0.29, 0.717) is 24.5 Å². The number of morpholine rings is 1. The van der Waals surface area contributed by atoms with Crippen LogP contribution in [0.15, 0.2) is 60.2 Å². The fourth-order valence-corrected chi connectivity index (χ4v) is 8.69. The third kappa shape index (κ3) is 3.59. The highest BCUT2D eigenvalue weighted by molar-refractivity contribution is 6.53. The summed E-state index contributed by atoms with van der Waals surface area (Å²) in [6.45, 7) is 2.82. The quantitative estimate of drug-likeness (QED) is 0.323. The Balaban J connectivity index is 1.28. The van der Waals surface area contributed by atoms with Gasteiger partial charge in [-0.3, -0.25) is 29.0 Å². The number of rotatable bonds is 3. The molecule has 3 aliphatic heterocycles. The molecule has 0 unspecified atom stereocenters. The number of likely N-dealkylation sites (tertiary alicyclic amines) is 1. The van der Waals surface area contributed by atoms with Crippen LogP contribution in [0, 0.1) is 17.8 Å². The van der Waals surface area contributed by atoms with Crippen molar-refractivity contribution >= 4 is 58.2 Å². The molecule has 9 nitrogen and oxygen atoms in total. The molecule has 7 rings (SSSR count). The molecule has 2 aliphatic carbocycles. The molecule has 2 aromatic carbocycles. The summed E-state index contributed by atoms with van der Waals surface area (Å²) in [4.78, 5) is 55.8. The molecule has 0 spiro atoms. The van der Waals surface area contributed by atoms with Crippen molar-refractivity contribution in [3.63, 3.8) is 0 Å². The SMILES string of the molecule is CN1C(=O)[C@]2(Cl)C[C@@H]3C(=CC[C@@H]4C(=O)N(c5ccc(N6CCOCC6)cc5)C(=O)[C@@H]43)[C@H](c3ccc(O)cc3)[C@]2(Cl)C1=O. The number of phenols is 1. The van der Waals surface area contributed by atoms with E-state index >= 15 is 0 Å². The summed E-state index contributed by atoms with van der Waals surface area (Å²) in [7, 11) is 1.36. The van der Waals surface area contributed by atoms with E-state index in [9.17, 15) is 24.3 Å². The number of benzene rings is 2. The molecule has 4 fully saturated rings. The van der Waals surface area contributed by atoms with Gasteiger partial charge in [0.1, 0.15) is 5.75 Å². The van der Waals surface area contributed by atoms with Crippen LogP contribution in [0.25, 0.3) is 0 Å². The van der Waals surface area contributed by atoms with Gasteiger partial charge in [0.2, 0.25) is 11.8 Å². The maximum absolute atomic E-state index is 14.1. The van der Waals surface area contributed by atoms with E-state index in [1.807, 2.05) is 18.2 Å². The van der Waals surface area contributed by atoms with E-state index in [1.165, 1.54) is 24.1 Å². The number of phenolic OH excluding ortho intramolecular Hbond substituents is 1. The lowest BCUT2D eigenvalue weighted by Gasteiger charge is -2.50. The second-order valence-corrected chi connectivity index (χ2v) is 13.0. The first-order valence-corrected chi connectivity index (χ1v) is 14.8. The van der Waals surface area contributed by atoms with E-state index in [2.05, 4.69) is 4.90 Å². The summed E-state index contributed by atoms with van der Waals surface area (Å²) in [5.74, 6) is -4.68. The largest absolute Gasteiger partial charge is 0.508 e. The second-order valence-electron chi connectivity index (χ2n) is 11.7. The molecule has 218 valence electrons. The first-order valence-electron chi connectivity index (χ1n) is 14.1. The first kappa shape index (κ1) is 27.4. The smallest absolute Gasteiger partial charge is 0.253 e. The van der Waals surface area contributed by atoms with Gasteiger partial charge < -0.3 is 14.7 Å². The van der Waals surface area contributed by atoms with Crippen LogP contribution in [0.4, 0.5) is 11.4 Å². The fraction of sp³-hybridized carbons (Fsp3) is 0.419. The number of halogens is 2. The Morgan fingerprint density at radius 3 is 2.17 bits per heavy atom. The molecule has 2 aromatic rings. The van der Waals surface area contributed by atoms with Gasteiger partial charge in [-0.15, -0.1) is 23.2 Å². The molecule has 3 saturated heterocycles. The van der Waals surface area contributed by atoms with Gasteiger partial charge in [0.15, 0.2) is 9.75 Å². The monoisotopic (exact) mass is 609 g/mol. The van der Waals surface area contributed by atoms with Gasteiger partial charge >= 0.3 is 0 Å². The van der Waals surface area contributed by atoms with Crippen LogP contribution >= 0.6 is 23.2 Å². The van der Waals surface area contributed by atoms with Crippen molar-refractivity contribution in [1.82, 2.24) is 4.90 Å². The molecule has 0 bridgehead atoms. The molecule has 0 aromatic heterocycles. The molecule has 42 heavy (non-hydrogen) atoms. The Kier molecular flexibility index (Phi) is 6.24. The van der Waals surface area contributed by atoms with Crippen molar-refractivity contribution in [3.05, 3.63) is 65.7 Å². The van der Waals surface area contributed by atoms with Gasteiger partial charge in [-0.2, -0.15) is 0 Å². The van der Waals surface area contributed by atoms with E-state index < -0.39 is 45.2 Å². The molecule has 5 aliphatic rings. The highest BCUT2D eigenvalue weighted by atomic mass is 35.5. The number of amides is 4. The summed E-state index contributed by atoms with van der Waals surface area (Å²) in [6, 6.07) is 13.6. The topological polar surface area (TPSA) is 107 Å². The van der Waals surface area contributed by atoms with Gasteiger partial charge in [0, 0.05) is 31.7 Å². The Morgan fingerprint density at radius 1 is 0.857 bits per heavy atom. The highest BCUT2D eigenvalue weighted by Crippen LogP contribution is 2.65. The number of alkyl halides is 2. The van der Waals surface area contributed by atoms with Crippen molar-refractivity contribution in [2.24, 2.45) is 17.8 Å². The molecule has 6 atom stereocenters. The number of imide groups is 2. The average molecular weight is 610 g/mol. The van der Waals surface area contributed by atoms with Crippen molar-refractivity contribution in [2.45, 2.75) is 28.5 Å². The molecular weight excluding hydrogens is 581 g/mol. The summed E-state index contributed by atoms with van der Waals surface area (Å²) in [5, 5.41) is 9.94. The summed E-state index contributed by atoms with van der Waals surface area (Å²) in [5.41, 5.74) is 2.78. The third-order valence-electron chi connectivity index (χ3n) is 9.72. The number of ether oxygens (including phenoxy) is 1. The van der Waals surface area contributed by atoms with E-state index in [4.69, 9.17) is 27.9 Å². The molecule has 0 radical (unpaired) electrons. The van der Waals surface area contributed by atoms with Crippen molar-refractivity contribution in [1.29, 1.82) is 0 Å². The Morgan fingerprint density at radius 2 is 1.50 bits per heavy atom. The lowest BCUT2D eigenvalue weighted by atomic mass is 9.56. The lowest BCUT2D eigenvalue weighted by molar-refractivity contribution is -0.138. The molecular formula is C31H29Cl2N3O6. The van der Waals surface area contributed by atoms with Gasteiger partial charge in [0.05, 0.1) is 30.7 Å². The normalized spacial score (nSPS) is 34.4. The highest BCUT2D eigenvalue weighted by Gasteiger charge is 2.75. The molecule has 3 heterocycles. The van der Waals surface area contributed by atoms with E-state index in [1.54, 1.807) is 24.3 Å². The summed E-state index contributed by atoms with van der Waals surface area (Å²) in [6.07, 6.45) is 2.13. The first-order chi connectivity index (χ1) is 20.1.